The lowest BCUT2D eigenvalue weighted by Gasteiger charge is -2.37. The number of hydrogen-bond acceptors (Lipinski definition) is 5. The minimum absolute atomic E-state index is 0.0211. The molecule has 2 atom stereocenters. The molecule has 4 rings (SSSR count). The van der Waals surface area contributed by atoms with E-state index in [9.17, 15) is 9.18 Å². The van der Waals surface area contributed by atoms with Gasteiger partial charge in [-0.05, 0) is 43.9 Å². The molecule has 0 radical (unpaired) electrons. The molecule has 3 heterocycles. The largest absolute Gasteiger partial charge is 0.361 e. The Hall–Kier alpha value is -2.94. The van der Waals surface area contributed by atoms with Gasteiger partial charge < -0.3 is 15.2 Å². The molecule has 0 spiro atoms. The van der Waals surface area contributed by atoms with E-state index in [-0.39, 0.29) is 23.8 Å². The summed E-state index contributed by atoms with van der Waals surface area (Å²) in [5, 5.41) is 11.4. The van der Waals surface area contributed by atoms with Crippen molar-refractivity contribution in [3.63, 3.8) is 0 Å². The number of H-pyrrole nitrogens is 2. The number of amides is 1. The first kappa shape index (κ1) is 23.2. The number of carbonyl (C=O) groups is 1. The highest BCUT2D eigenvalue weighted by Gasteiger charge is 2.27. The van der Waals surface area contributed by atoms with E-state index < -0.39 is 6.67 Å². The number of benzene rings is 1. The van der Waals surface area contributed by atoms with E-state index in [0.29, 0.717) is 25.0 Å². The predicted octanol–water partition coefficient (Wildman–Crippen LogP) is 3.15. The van der Waals surface area contributed by atoms with E-state index in [4.69, 9.17) is 0 Å². The average molecular weight is 456 g/mol. The van der Waals surface area contributed by atoms with Crippen LogP contribution in [0, 0.1) is 5.92 Å². The highest BCUT2D eigenvalue weighted by molar-refractivity contribution is 5.91. The highest BCUT2D eigenvalue weighted by Crippen LogP contribution is 2.21. The smallest absolute Gasteiger partial charge is 0.288 e. The fraction of sp³-hybridized carbons (Fsp3) is 0.542. The number of rotatable bonds is 9. The SMILES string of the molecule is CC(C)CCC(Cc1c[nH]c2ccccc12)NC(=O)c1nc(N2CCN(C)C(CF)C2)n[nH]1. The van der Waals surface area contributed by atoms with E-state index >= 15 is 0 Å². The van der Waals surface area contributed by atoms with Crippen molar-refractivity contribution in [3.8, 4) is 0 Å². The number of hydrogen-bond donors (Lipinski definition) is 3. The van der Waals surface area contributed by atoms with Crippen molar-refractivity contribution >= 4 is 22.8 Å². The standard InChI is InChI=1S/C24H34FN7O/c1-16(2)8-9-18(12-17-14-26-21-7-5-4-6-20(17)21)27-23(33)22-28-24(30-29-22)32-11-10-31(3)19(13-25)15-32/h4-7,14,16,18-19,26H,8-13,15H2,1-3H3,(H,27,33)(H,28,29,30). The van der Waals surface area contributed by atoms with Crippen LogP contribution in [0.5, 0.6) is 0 Å². The molecule has 1 aliphatic rings. The van der Waals surface area contributed by atoms with Gasteiger partial charge in [0, 0.05) is 42.8 Å². The van der Waals surface area contributed by atoms with Crippen LogP contribution in [0.25, 0.3) is 10.9 Å². The maximum absolute atomic E-state index is 13.3. The predicted molar refractivity (Wildman–Crippen MR) is 128 cm³/mol. The highest BCUT2D eigenvalue weighted by atomic mass is 19.1. The van der Waals surface area contributed by atoms with Gasteiger partial charge in [0.15, 0.2) is 0 Å². The number of piperazine rings is 1. The lowest BCUT2D eigenvalue weighted by atomic mass is 9.97. The van der Waals surface area contributed by atoms with Crippen molar-refractivity contribution in [2.75, 3.05) is 38.3 Å². The number of halogens is 1. The summed E-state index contributed by atoms with van der Waals surface area (Å²) in [6, 6.07) is 7.99. The summed E-state index contributed by atoms with van der Waals surface area (Å²) in [7, 11) is 1.92. The molecule has 33 heavy (non-hydrogen) atoms. The lowest BCUT2D eigenvalue weighted by molar-refractivity contribution is 0.0923. The Kier molecular flexibility index (Phi) is 7.27. The quantitative estimate of drug-likeness (QED) is 0.461. The van der Waals surface area contributed by atoms with Crippen LogP contribution in [0.2, 0.25) is 0 Å². The molecule has 9 heteroatoms. The molecule has 2 unspecified atom stereocenters. The van der Waals surface area contributed by atoms with Crippen molar-refractivity contribution in [3.05, 3.63) is 41.9 Å². The Morgan fingerprint density at radius 3 is 2.88 bits per heavy atom. The van der Waals surface area contributed by atoms with Crippen LogP contribution < -0.4 is 10.2 Å². The van der Waals surface area contributed by atoms with E-state index in [1.807, 2.05) is 35.2 Å². The fourth-order valence-corrected chi connectivity index (χ4v) is 4.37. The van der Waals surface area contributed by atoms with E-state index in [1.165, 1.54) is 10.9 Å². The van der Waals surface area contributed by atoms with Gasteiger partial charge in [0.1, 0.15) is 6.67 Å². The van der Waals surface area contributed by atoms with Gasteiger partial charge in [-0.1, -0.05) is 32.0 Å². The number of nitrogens with one attached hydrogen (secondary N) is 3. The summed E-state index contributed by atoms with van der Waals surface area (Å²) in [5.41, 5.74) is 2.28. The number of nitrogens with zero attached hydrogens (tertiary/aromatic N) is 4. The first-order chi connectivity index (χ1) is 15.9. The normalized spacial score (nSPS) is 18.2. The molecule has 8 nitrogen and oxygen atoms in total. The number of carbonyl (C=O) groups excluding carboxylic acids is 1. The number of aromatic nitrogens is 4. The molecular weight excluding hydrogens is 421 g/mol. The summed E-state index contributed by atoms with van der Waals surface area (Å²) in [6.07, 6.45) is 4.65. The Labute approximate surface area is 193 Å². The van der Waals surface area contributed by atoms with Gasteiger partial charge in [0.05, 0.1) is 6.04 Å². The third-order valence-electron chi connectivity index (χ3n) is 6.50. The summed E-state index contributed by atoms with van der Waals surface area (Å²) in [4.78, 5) is 24.7. The molecule has 1 aromatic carbocycles. The number of fused-ring (bicyclic) bond motifs is 1. The van der Waals surface area contributed by atoms with Crippen molar-refractivity contribution in [2.24, 2.45) is 5.92 Å². The minimum Gasteiger partial charge on any atom is -0.361 e. The van der Waals surface area contributed by atoms with Crippen molar-refractivity contribution in [2.45, 2.75) is 45.2 Å². The van der Waals surface area contributed by atoms with Crippen LogP contribution in [-0.2, 0) is 6.42 Å². The Balaban J connectivity index is 1.44. The van der Waals surface area contributed by atoms with Crippen LogP contribution in [0.4, 0.5) is 10.3 Å². The molecule has 0 aliphatic carbocycles. The molecule has 1 fully saturated rings. The van der Waals surface area contributed by atoms with Gasteiger partial charge in [-0.3, -0.25) is 14.8 Å². The zero-order valence-electron chi connectivity index (χ0n) is 19.6. The second-order valence-electron chi connectivity index (χ2n) is 9.42. The molecule has 0 saturated carbocycles. The Bertz CT molecular complexity index is 1060. The van der Waals surface area contributed by atoms with E-state index in [1.54, 1.807) is 0 Å². The third-order valence-corrected chi connectivity index (χ3v) is 6.50. The van der Waals surface area contributed by atoms with E-state index in [0.717, 1.165) is 31.3 Å². The van der Waals surface area contributed by atoms with Gasteiger partial charge >= 0.3 is 0 Å². The number of para-hydroxylation sites is 1. The molecule has 1 amide bonds. The van der Waals surface area contributed by atoms with Crippen molar-refractivity contribution in [1.29, 1.82) is 0 Å². The first-order valence-electron chi connectivity index (χ1n) is 11.7. The second kappa shape index (κ2) is 10.3. The molecule has 178 valence electrons. The first-order valence-corrected chi connectivity index (χ1v) is 11.7. The maximum Gasteiger partial charge on any atom is 0.288 e. The van der Waals surface area contributed by atoms with Crippen LogP contribution in [-0.4, -0.2) is 76.4 Å². The maximum atomic E-state index is 13.3. The number of alkyl halides is 1. The number of likely N-dealkylation sites (N-methyl/N-ethyl adjacent to an activating group) is 1. The van der Waals surface area contributed by atoms with Crippen molar-refractivity contribution < 1.29 is 9.18 Å². The molecule has 0 bridgehead atoms. The summed E-state index contributed by atoms with van der Waals surface area (Å²) in [5.74, 6) is 0.916. The Morgan fingerprint density at radius 2 is 2.09 bits per heavy atom. The van der Waals surface area contributed by atoms with Crippen LogP contribution in [0.15, 0.2) is 30.5 Å². The van der Waals surface area contributed by atoms with Crippen molar-refractivity contribution in [1.82, 2.24) is 30.4 Å². The fourth-order valence-electron chi connectivity index (χ4n) is 4.37. The lowest BCUT2D eigenvalue weighted by Crippen LogP contribution is -2.52. The molecule has 1 saturated heterocycles. The summed E-state index contributed by atoms with van der Waals surface area (Å²) < 4.78 is 13.3. The van der Waals surface area contributed by atoms with Gasteiger partial charge in [0.2, 0.25) is 11.8 Å². The van der Waals surface area contributed by atoms with Crippen LogP contribution in [0.3, 0.4) is 0 Å². The molecule has 1 aliphatic heterocycles. The molecule has 3 aromatic rings. The van der Waals surface area contributed by atoms with Gasteiger partial charge in [0.25, 0.3) is 5.91 Å². The zero-order valence-corrected chi connectivity index (χ0v) is 19.6. The molecule has 3 N–H and O–H groups in total. The third kappa shape index (κ3) is 5.52. The second-order valence-corrected chi connectivity index (χ2v) is 9.42. The summed E-state index contributed by atoms with van der Waals surface area (Å²) in [6.45, 7) is 5.89. The van der Waals surface area contributed by atoms with Crippen LogP contribution >= 0.6 is 0 Å². The van der Waals surface area contributed by atoms with E-state index in [2.05, 4.69) is 51.5 Å². The average Bonchev–Trinajstić information content (AvgIpc) is 3.46. The van der Waals surface area contributed by atoms with Gasteiger partial charge in [-0.15, -0.1) is 5.10 Å². The number of anilines is 1. The minimum atomic E-state index is -0.421. The monoisotopic (exact) mass is 455 g/mol. The number of aromatic amines is 2. The summed E-state index contributed by atoms with van der Waals surface area (Å²) >= 11 is 0. The molecule has 2 aromatic heterocycles. The topological polar surface area (TPSA) is 92.9 Å². The van der Waals surface area contributed by atoms with Gasteiger partial charge in [-0.25, -0.2) is 4.39 Å². The van der Waals surface area contributed by atoms with Gasteiger partial charge in [-0.2, -0.15) is 4.98 Å². The zero-order chi connectivity index (χ0) is 23.4. The van der Waals surface area contributed by atoms with Crippen LogP contribution in [0.1, 0.15) is 42.9 Å². The molecular formula is C24H34FN7O. The Morgan fingerprint density at radius 1 is 1.27 bits per heavy atom.